The van der Waals surface area contributed by atoms with Crippen molar-refractivity contribution in [3.8, 4) is 0 Å². The molecule has 0 bridgehead atoms. The molecule has 1 aliphatic heterocycles. The molecule has 1 heterocycles. The molecule has 1 aromatic rings. The molecule has 1 unspecified atom stereocenters. The van der Waals surface area contributed by atoms with Crippen molar-refractivity contribution in [2.24, 2.45) is 5.92 Å². The standard InChI is InChI=1S/C17H22BrFN2O3/c1-17(2,3)24-16(23)21-9-5-6-11(10-21)15(22)20-13-8-4-7-12(18)14(13)19/h4,7-8,11H,5-6,9-10H2,1-3H3,(H,20,22). The van der Waals surface area contributed by atoms with Crippen LogP contribution >= 0.6 is 15.9 Å². The predicted molar refractivity (Wildman–Crippen MR) is 93.3 cm³/mol. The van der Waals surface area contributed by atoms with E-state index in [9.17, 15) is 14.0 Å². The highest BCUT2D eigenvalue weighted by Crippen LogP contribution is 2.25. The number of hydrogen-bond acceptors (Lipinski definition) is 3. The molecule has 132 valence electrons. The molecular weight excluding hydrogens is 379 g/mol. The van der Waals surface area contributed by atoms with Gasteiger partial charge >= 0.3 is 6.09 Å². The summed E-state index contributed by atoms with van der Waals surface area (Å²) in [5, 5.41) is 2.61. The molecule has 0 aliphatic carbocycles. The van der Waals surface area contributed by atoms with E-state index in [2.05, 4.69) is 21.2 Å². The Bertz CT molecular complexity index is 631. The fourth-order valence-electron chi connectivity index (χ4n) is 2.52. The minimum Gasteiger partial charge on any atom is -0.444 e. The maximum Gasteiger partial charge on any atom is 0.410 e. The highest BCUT2D eigenvalue weighted by Gasteiger charge is 2.31. The number of halogens is 2. The number of anilines is 1. The number of ether oxygens (including phenoxy) is 1. The van der Waals surface area contributed by atoms with Crippen LogP contribution in [0.25, 0.3) is 0 Å². The van der Waals surface area contributed by atoms with Gasteiger partial charge in [-0.3, -0.25) is 4.79 Å². The number of nitrogens with zero attached hydrogens (tertiary/aromatic N) is 1. The van der Waals surface area contributed by atoms with Crippen molar-refractivity contribution in [3.63, 3.8) is 0 Å². The lowest BCUT2D eigenvalue weighted by molar-refractivity contribution is -0.121. The maximum absolute atomic E-state index is 14.0. The summed E-state index contributed by atoms with van der Waals surface area (Å²) in [7, 11) is 0. The summed E-state index contributed by atoms with van der Waals surface area (Å²) in [4.78, 5) is 26.1. The third-order valence-electron chi connectivity index (χ3n) is 3.65. The van der Waals surface area contributed by atoms with Gasteiger partial charge in [0.15, 0.2) is 5.82 Å². The first-order valence-corrected chi connectivity index (χ1v) is 8.69. The van der Waals surface area contributed by atoms with Crippen molar-refractivity contribution in [2.45, 2.75) is 39.2 Å². The summed E-state index contributed by atoms with van der Waals surface area (Å²) in [5.41, 5.74) is -0.449. The molecule has 0 aromatic heterocycles. The van der Waals surface area contributed by atoms with Gasteiger partial charge in [0.2, 0.25) is 5.91 Å². The SMILES string of the molecule is CC(C)(C)OC(=O)N1CCCC(C(=O)Nc2cccc(Br)c2F)C1. The van der Waals surface area contributed by atoms with Crippen LogP contribution in [-0.4, -0.2) is 35.6 Å². The van der Waals surface area contributed by atoms with Crippen molar-refractivity contribution in [1.82, 2.24) is 4.90 Å². The lowest BCUT2D eigenvalue weighted by Crippen LogP contribution is -2.45. The van der Waals surface area contributed by atoms with Gasteiger partial charge in [0, 0.05) is 13.1 Å². The van der Waals surface area contributed by atoms with Gasteiger partial charge in [0.25, 0.3) is 0 Å². The van der Waals surface area contributed by atoms with E-state index in [0.717, 1.165) is 0 Å². The smallest absolute Gasteiger partial charge is 0.410 e. The molecule has 0 spiro atoms. The molecule has 1 saturated heterocycles. The third-order valence-corrected chi connectivity index (χ3v) is 4.27. The highest BCUT2D eigenvalue weighted by molar-refractivity contribution is 9.10. The summed E-state index contributed by atoms with van der Waals surface area (Å²) < 4.78 is 19.6. The number of rotatable bonds is 2. The van der Waals surface area contributed by atoms with Crippen molar-refractivity contribution >= 4 is 33.6 Å². The quantitative estimate of drug-likeness (QED) is 0.809. The van der Waals surface area contributed by atoms with Crippen LogP contribution in [0.4, 0.5) is 14.9 Å². The monoisotopic (exact) mass is 400 g/mol. The van der Waals surface area contributed by atoms with Crippen molar-refractivity contribution < 1.29 is 18.7 Å². The summed E-state index contributed by atoms with van der Waals surface area (Å²) >= 11 is 3.09. The summed E-state index contributed by atoms with van der Waals surface area (Å²) in [6.45, 7) is 6.24. The number of amides is 2. The average Bonchev–Trinajstić information content (AvgIpc) is 2.50. The first-order chi connectivity index (χ1) is 11.2. The van der Waals surface area contributed by atoms with Crippen molar-refractivity contribution in [2.75, 3.05) is 18.4 Å². The molecule has 1 fully saturated rings. The summed E-state index contributed by atoms with van der Waals surface area (Å²) in [6, 6.07) is 4.72. The van der Waals surface area contributed by atoms with Crippen LogP contribution in [0, 0.1) is 11.7 Å². The van der Waals surface area contributed by atoms with E-state index in [0.29, 0.717) is 23.9 Å². The Morgan fingerprint density at radius 3 is 2.75 bits per heavy atom. The van der Waals surface area contributed by atoms with E-state index >= 15 is 0 Å². The topological polar surface area (TPSA) is 58.6 Å². The van der Waals surface area contributed by atoms with Crippen LogP contribution in [0.5, 0.6) is 0 Å². The number of likely N-dealkylation sites (tertiary alicyclic amines) is 1. The molecule has 1 aliphatic rings. The fourth-order valence-corrected chi connectivity index (χ4v) is 2.88. The van der Waals surface area contributed by atoms with Gasteiger partial charge < -0.3 is 15.0 Å². The molecule has 2 rings (SSSR count). The number of carbonyl (C=O) groups is 2. The lowest BCUT2D eigenvalue weighted by atomic mass is 9.97. The predicted octanol–water partition coefficient (Wildman–Crippen LogP) is 4.17. The molecular formula is C17H22BrFN2O3. The van der Waals surface area contributed by atoms with E-state index in [-0.39, 0.29) is 24.1 Å². The summed E-state index contributed by atoms with van der Waals surface area (Å²) in [6.07, 6.45) is 0.938. The second kappa shape index (κ2) is 7.51. The molecule has 7 heteroatoms. The van der Waals surface area contributed by atoms with Crippen LogP contribution in [0.15, 0.2) is 22.7 Å². The first-order valence-electron chi connectivity index (χ1n) is 7.90. The molecule has 24 heavy (non-hydrogen) atoms. The van der Waals surface area contributed by atoms with E-state index in [1.807, 2.05) is 0 Å². The largest absolute Gasteiger partial charge is 0.444 e. The Labute approximate surface area is 149 Å². The van der Waals surface area contributed by atoms with Gasteiger partial charge in [0.1, 0.15) is 5.60 Å². The van der Waals surface area contributed by atoms with Gasteiger partial charge in [0.05, 0.1) is 16.1 Å². The molecule has 1 atom stereocenters. The van der Waals surface area contributed by atoms with Crippen LogP contribution in [0.2, 0.25) is 0 Å². The number of benzene rings is 1. The molecule has 1 aromatic carbocycles. The number of nitrogens with one attached hydrogen (secondary N) is 1. The molecule has 5 nitrogen and oxygen atoms in total. The van der Waals surface area contributed by atoms with Crippen molar-refractivity contribution in [1.29, 1.82) is 0 Å². The van der Waals surface area contributed by atoms with Gasteiger partial charge in [-0.25, -0.2) is 9.18 Å². The minimum absolute atomic E-state index is 0.128. The Morgan fingerprint density at radius 2 is 2.08 bits per heavy atom. The third kappa shape index (κ3) is 4.93. The van der Waals surface area contributed by atoms with E-state index in [4.69, 9.17) is 4.74 Å². The second-order valence-corrected chi connectivity index (χ2v) is 7.71. The van der Waals surface area contributed by atoms with Crippen molar-refractivity contribution in [3.05, 3.63) is 28.5 Å². The molecule has 0 saturated carbocycles. The zero-order valence-corrected chi connectivity index (χ0v) is 15.7. The van der Waals surface area contributed by atoms with E-state index in [1.54, 1.807) is 32.9 Å². The minimum atomic E-state index is -0.578. The second-order valence-electron chi connectivity index (χ2n) is 6.86. The molecule has 0 radical (unpaired) electrons. The van der Waals surface area contributed by atoms with Gasteiger partial charge in [-0.15, -0.1) is 0 Å². The maximum atomic E-state index is 14.0. The number of piperidine rings is 1. The highest BCUT2D eigenvalue weighted by atomic mass is 79.9. The average molecular weight is 401 g/mol. The van der Waals surface area contributed by atoms with Gasteiger partial charge in [-0.1, -0.05) is 6.07 Å². The Balaban J connectivity index is 2.00. The molecule has 1 N–H and O–H groups in total. The Morgan fingerprint density at radius 1 is 1.38 bits per heavy atom. The van der Waals surface area contributed by atoms with Crippen LogP contribution in [0.1, 0.15) is 33.6 Å². The first kappa shape index (κ1) is 18.7. The van der Waals surface area contributed by atoms with Crippen LogP contribution in [-0.2, 0) is 9.53 Å². The normalized spacial score (nSPS) is 18.2. The number of carbonyl (C=O) groups excluding carboxylic acids is 2. The zero-order chi connectivity index (χ0) is 17.9. The van der Waals surface area contributed by atoms with Gasteiger partial charge in [-0.05, 0) is 61.7 Å². The Hall–Kier alpha value is -1.63. The fraction of sp³-hybridized carbons (Fsp3) is 0.529. The molecule has 2 amide bonds. The Kier molecular flexibility index (Phi) is 5.85. The number of hydrogen-bond donors (Lipinski definition) is 1. The van der Waals surface area contributed by atoms with Crippen LogP contribution in [0.3, 0.4) is 0 Å². The lowest BCUT2D eigenvalue weighted by Gasteiger charge is -2.33. The van der Waals surface area contributed by atoms with Gasteiger partial charge in [-0.2, -0.15) is 0 Å². The van der Waals surface area contributed by atoms with Crippen LogP contribution < -0.4 is 5.32 Å². The summed E-state index contributed by atoms with van der Waals surface area (Å²) in [5.74, 6) is -1.18. The zero-order valence-electron chi connectivity index (χ0n) is 14.1. The van der Waals surface area contributed by atoms with E-state index in [1.165, 1.54) is 11.0 Å². The van der Waals surface area contributed by atoms with E-state index < -0.39 is 17.5 Å².